The number of carboxylic acid groups (broad SMARTS) is 1. The summed E-state index contributed by atoms with van der Waals surface area (Å²) in [6.07, 6.45) is 0.586. The third-order valence-electron chi connectivity index (χ3n) is 2.36. The Labute approximate surface area is 121 Å². The minimum absolute atomic E-state index is 0.231. The lowest BCUT2D eigenvalue weighted by atomic mass is 10.0. The number of halogens is 1. The monoisotopic (exact) mass is 373 g/mol. The molecule has 1 amide bonds. The van der Waals surface area contributed by atoms with Gasteiger partial charge >= 0.3 is 5.97 Å². The van der Waals surface area contributed by atoms with Crippen LogP contribution in [0.15, 0.2) is 29.6 Å². The van der Waals surface area contributed by atoms with Crippen molar-refractivity contribution in [3.8, 4) is 11.1 Å². The molecule has 0 aliphatic rings. The lowest BCUT2D eigenvalue weighted by Gasteiger charge is -2.07. The molecule has 92 valence electrons. The Morgan fingerprint density at radius 1 is 1.33 bits per heavy atom. The number of carbonyl (C=O) groups excluding carboxylic acids is 1. The molecule has 18 heavy (non-hydrogen) atoms. The first-order chi connectivity index (χ1) is 8.63. The van der Waals surface area contributed by atoms with Gasteiger partial charge in [-0.1, -0.05) is 6.07 Å². The summed E-state index contributed by atoms with van der Waals surface area (Å²) in [4.78, 5) is 21.8. The zero-order valence-corrected chi connectivity index (χ0v) is 12.0. The minimum Gasteiger partial charge on any atom is -0.478 e. The van der Waals surface area contributed by atoms with Gasteiger partial charge in [0, 0.05) is 9.13 Å². The van der Waals surface area contributed by atoms with Gasteiger partial charge in [0.25, 0.3) is 0 Å². The Morgan fingerprint density at radius 2 is 2.11 bits per heavy atom. The lowest BCUT2D eigenvalue weighted by Crippen LogP contribution is -2.01. The van der Waals surface area contributed by atoms with E-state index < -0.39 is 5.97 Å². The van der Waals surface area contributed by atoms with E-state index in [1.165, 1.54) is 11.3 Å². The number of carboxylic acids is 1. The van der Waals surface area contributed by atoms with Crippen molar-refractivity contribution in [2.75, 3.05) is 5.32 Å². The second kappa shape index (κ2) is 5.49. The molecule has 1 aromatic heterocycles. The topological polar surface area (TPSA) is 66.4 Å². The van der Waals surface area contributed by atoms with Crippen molar-refractivity contribution in [3.63, 3.8) is 0 Å². The van der Waals surface area contributed by atoms with Gasteiger partial charge in [-0.2, -0.15) is 0 Å². The van der Waals surface area contributed by atoms with Crippen molar-refractivity contribution in [3.05, 3.63) is 38.8 Å². The molecule has 1 aromatic carbocycles. The summed E-state index contributed by atoms with van der Waals surface area (Å²) < 4.78 is 0.855. The molecule has 1 heterocycles. The quantitative estimate of drug-likeness (QED) is 0.639. The van der Waals surface area contributed by atoms with Gasteiger partial charge in [-0.15, -0.1) is 11.3 Å². The molecular weight excluding hydrogens is 365 g/mol. The molecule has 0 unspecified atom stereocenters. The van der Waals surface area contributed by atoms with Gasteiger partial charge in [-0.25, -0.2) is 4.79 Å². The van der Waals surface area contributed by atoms with Crippen LogP contribution in [0.4, 0.5) is 5.00 Å². The van der Waals surface area contributed by atoms with Crippen LogP contribution < -0.4 is 5.32 Å². The Kier molecular flexibility index (Phi) is 3.97. The van der Waals surface area contributed by atoms with Gasteiger partial charge < -0.3 is 10.4 Å². The van der Waals surface area contributed by atoms with Crippen molar-refractivity contribution in [1.82, 2.24) is 0 Å². The number of aromatic carboxylic acids is 1. The van der Waals surface area contributed by atoms with E-state index in [9.17, 15) is 14.7 Å². The summed E-state index contributed by atoms with van der Waals surface area (Å²) >= 11 is 3.42. The molecular formula is C12H8INO3S. The largest absolute Gasteiger partial charge is 0.478 e. The number of hydrogen-bond donors (Lipinski definition) is 2. The van der Waals surface area contributed by atoms with Crippen LogP contribution >= 0.6 is 33.9 Å². The average molecular weight is 373 g/mol. The fourth-order valence-corrected chi connectivity index (χ4v) is 2.87. The summed E-state index contributed by atoms with van der Waals surface area (Å²) in [6, 6.07) is 7.00. The molecule has 0 aliphatic carbocycles. The number of amides is 1. The van der Waals surface area contributed by atoms with E-state index in [1.54, 1.807) is 18.2 Å². The molecule has 6 heteroatoms. The van der Waals surface area contributed by atoms with E-state index in [-0.39, 0.29) is 5.56 Å². The summed E-state index contributed by atoms with van der Waals surface area (Å²) in [5, 5.41) is 14.3. The first-order valence-electron chi connectivity index (χ1n) is 4.94. The predicted octanol–water partition coefficient (Wildman–Crippen LogP) is 3.29. The van der Waals surface area contributed by atoms with Gasteiger partial charge in [-0.05, 0) is 51.7 Å². The average Bonchev–Trinajstić information content (AvgIpc) is 2.77. The van der Waals surface area contributed by atoms with Crippen LogP contribution in [0.1, 0.15) is 10.4 Å². The van der Waals surface area contributed by atoms with Crippen LogP contribution in [0.5, 0.6) is 0 Å². The zero-order valence-electron chi connectivity index (χ0n) is 9.01. The number of hydrogen-bond acceptors (Lipinski definition) is 3. The van der Waals surface area contributed by atoms with Gasteiger partial charge in [0.05, 0.1) is 5.56 Å². The maximum absolute atomic E-state index is 11.2. The Bertz CT molecular complexity index is 609. The SMILES string of the molecule is O=CNc1sccc1-c1ccc(I)cc1C(=O)O. The highest BCUT2D eigenvalue weighted by molar-refractivity contribution is 14.1. The molecule has 0 fully saturated rings. The van der Waals surface area contributed by atoms with E-state index in [0.29, 0.717) is 17.0 Å². The molecule has 0 radical (unpaired) electrons. The van der Waals surface area contributed by atoms with E-state index in [2.05, 4.69) is 27.9 Å². The normalized spacial score (nSPS) is 10.1. The van der Waals surface area contributed by atoms with E-state index in [0.717, 1.165) is 9.13 Å². The number of rotatable bonds is 4. The van der Waals surface area contributed by atoms with Gasteiger partial charge in [-0.3, -0.25) is 4.79 Å². The summed E-state index contributed by atoms with van der Waals surface area (Å²) in [7, 11) is 0. The maximum atomic E-state index is 11.2. The highest BCUT2D eigenvalue weighted by Crippen LogP contribution is 2.35. The fourth-order valence-electron chi connectivity index (χ4n) is 1.61. The highest BCUT2D eigenvalue weighted by atomic mass is 127. The van der Waals surface area contributed by atoms with Gasteiger partial charge in [0.15, 0.2) is 0 Å². The molecule has 4 nitrogen and oxygen atoms in total. The Morgan fingerprint density at radius 3 is 2.78 bits per heavy atom. The van der Waals surface area contributed by atoms with Crippen LogP contribution in [0.25, 0.3) is 11.1 Å². The predicted molar refractivity (Wildman–Crippen MR) is 79.1 cm³/mol. The van der Waals surface area contributed by atoms with Crippen molar-refractivity contribution in [2.24, 2.45) is 0 Å². The third kappa shape index (κ3) is 2.54. The summed E-state index contributed by atoms with van der Waals surface area (Å²) in [5.41, 5.74) is 1.56. The molecule has 2 N–H and O–H groups in total. The number of thiophene rings is 1. The number of anilines is 1. The highest BCUT2D eigenvalue weighted by Gasteiger charge is 2.15. The van der Waals surface area contributed by atoms with Crippen LogP contribution in [0.2, 0.25) is 0 Å². The van der Waals surface area contributed by atoms with Gasteiger partial charge in [0.2, 0.25) is 6.41 Å². The smallest absolute Gasteiger partial charge is 0.336 e. The standard InChI is InChI=1S/C12H8INO3S/c13-7-1-2-8(10(5-7)12(16)17)9-3-4-18-11(9)14-6-15/h1-6H,(H,14,15)(H,16,17). The molecule has 0 spiro atoms. The Hall–Kier alpha value is -1.41. The van der Waals surface area contributed by atoms with Crippen molar-refractivity contribution in [1.29, 1.82) is 0 Å². The van der Waals surface area contributed by atoms with Crippen LogP contribution in [-0.4, -0.2) is 17.5 Å². The summed E-state index contributed by atoms with van der Waals surface area (Å²) in [6.45, 7) is 0. The van der Waals surface area contributed by atoms with E-state index in [1.807, 2.05) is 11.4 Å². The van der Waals surface area contributed by atoms with Crippen molar-refractivity contribution in [2.45, 2.75) is 0 Å². The van der Waals surface area contributed by atoms with E-state index >= 15 is 0 Å². The lowest BCUT2D eigenvalue weighted by molar-refractivity contribution is -0.105. The second-order valence-electron chi connectivity index (χ2n) is 3.42. The molecule has 0 saturated carbocycles. The number of benzene rings is 1. The third-order valence-corrected chi connectivity index (χ3v) is 3.87. The van der Waals surface area contributed by atoms with Crippen LogP contribution in [-0.2, 0) is 4.79 Å². The molecule has 0 atom stereocenters. The second-order valence-corrected chi connectivity index (χ2v) is 5.58. The van der Waals surface area contributed by atoms with E-state index in [4.69, 9.17) is 0 Å². The molecule has 0 bridgehead atoms. The number of nitrogens with one attached hydrogen (secondary N) is 1. The van der Waals surface area contributed by atoms with Gasteiger partial charge in [0.1, 0.15) is 5.00 Å². The summed E-state index contributed by atoms with van der Waals surface area (Å²) in [5.74, 6) is -0.980. The minimum atomic E-state index is -0.980. The van der Waals surface area contributed by atoms with Crippen molar-refractivity contribution < 1.29 is 14.7 Å². The molecule has 0 saturated heterocycles. The molecule has 2 rings (SSSR count). The fraction of sp³-hybridized carbons (Fsp3) is 0. The van der Waals surface area contributed by atoms with Crippen molar-refractivity contribution >= 4 is 51.3 Å². The first kappa shape index (κ1) is 13.0. The Balaban J connectivity index is 2.59. The number of carbonyl (C=O) groups is 2. The van der Waals surface area contributed by atoms with Crippen LogP contribution in [0, 0.1) is 3.57 Å². The molecule has 0 aliphatic heterocycles. The maximum Gasteiger partial charge on any atom is 0.336 e. The van der Waals surface area contributed by atoms with Crippen LogP contribution in [0.3, 0.4) is 0 Å². The molecule has 2 aromatic rings. The first-order valence-corrected chi connectivity index (χ1v) is 6.90. The zero-order chi connectivity index (χ0) is 13.1.